The van der Waals surface area contributed by atoms with Crippen molar-refractivity contribution in [3.05, 3.63) is 65.0 Å². The van der Waals surface area contributed by atoms with Crippen molar-refractivity contribution in [3.8, 4) is 0 Å². The second-order valence-electron chi connectivity index (χ2n) is 14.1. The normalized spacial score (nSPS) is 27.4. The lowest BCUT2D eigenvalue weighted by molar-refractivity contribution is -0.355. The summed E-state index contributed by atoms with van der Waals surface area (Å²) in [6, 6.07) is 4.09. The first-order valence-corrected chi connectivity index (χ1v) is 16.1. The van der Waals surface area contributed by atoms with E-state index in [9.17, 15) is 18.0 Å². The lowest BCUT2D eigenvalue weighted by atomic mass is 9.73. The molecule has 262 valence electrons. The Morgan fingerprint density at radius 3 is 2.32 bits per heavy atom. The van der Waals surface area contributed by atoms with Crippen LogP contribution in [0.3, 0.4) is 0 Å². The summed E-state index contributed by atoms with van der Waals surface area (Å²) in [4.78, 5) is 21.5. The molecular weight excluding hydrogens is 615 g/mol. The highest BCUT2D eigenvalue weighted by Gasteiger charge is 2.46. The summed E-state index contributed by atoms with van der Waals surface area (Å²) in [5, 5.41) is 0. The van der Waals surface area contributed by atoms with Crippen LogP contribution in [0.2, 0.25) is 0 Å². The van der Waals surface area contributed by atoms with Gasteiger partial charge in [-0.3, -0.25) is 9.72 Å². The van der Waals surface area contributed by atoms with E-state index in [1.807, 2.05) is 39.8 Å². The molecule has 1 saturated heterocycles. The Hall–Kier alpha value is -3.25. The zero-order valence-electron chi connectivity index (χ0n) is 29.1. The Labute approximate surface area is 276 Å². The molecule has 1 aliphatic heterocycles. The molecular formula is C35H50F3N3O6. The summed E-state index contributed by atoms with van der Waals surface area (Å²) >= 11 is 0. The zero-order chi connectivity index (χ0) is 34.8. The van der Waals surface area contributed by atoms with Crippen LogP contribution in [-0.2, 0) is 30.2 Å². The number of aromatic nitrogens is 1. The summed E-state index contributed by atoms with van der Waals surface area (Å²) in [7, 11) is 4.91. The highest BCUT2D eigenvalue weighted by Crippen LogP contribution is 2.47. The van der Waals surface area contributed by atoms with Crippen molar-refractivity contribution in [2.24, 2.45) is 5.92 Å². The molecule has 1 aromatic rings. The molecule has 0 N–H and O–H groups in total. The van der Waals surface area contributed by atoms with Crippen molar-refractivity contribution in [2.75, 3.05) is 34.4 Å². The highest BCUT2D eigenvalue weighted by atomic mass is 19.4. The van der Waals surface area contributed by atoms with Crippen LogP contribution in [0.1, 0.15) is 84.4 Å². The number of pyridine rings is 1. The Morgan fingerprint density at radius 1 is 1.11 bits per heavy atom. The summed E-state index contributed by atoms with van der Waals surface area (Å²) in [5.74, 6) is 1.35. The van der Waals surface area contributed by atoms with E-state index in [0.717, 1.165) is 22.7 Å². The molecule has 0 aromatic carbocycles. The van der Waals surface area contributed by atoms with E-state index in [-0.39, 0.29) is 30.4 Å². The van der Waals surface area contributed by atoms with Crippen molar-refractivity contribution in [2.45, 2.75) is 109 Å². The largest absolute Gasteiger partial charge is 0.523 e. The molecule has 9 nitrogen and oxygen atoms in total. The maximum absolute atomic E-state index is 13.1. The van der Waals surface area contributed by atoms with E-state index >= 15 is 0 Å². The van der Waals surface area contributed by atoms with Crippen LogP contribution < -0.4 is 0 Å². The number of hydrogen-bond acceptors (Lipinski definition) is 8. The molecule has 1 aromatic heterocycles. The van der Waals surface area contributed by atoms with Gasteiger partial charge in [0, 0.05) is 68.6 Å². The number of halogens is 3. The summed E-state index contributed by atoms with van der Waals surface area (Å²) in [6.07, 6.45) is 3.76. The molecule has 4 rings (SSSR count). The third kappa shape index (κ3) is 8.81. The monoisotopic (exact) mass is 665 g/mol. The molecule has 3 aliphatic rings. The van der Waals surface area contributed by atoms with E-state index in [1.54, 1.807) is 38.5 Å². The van der Waals surface area contributed by atoms with Crippen LogP contribution in [0.4, 0.5) is 18.0 Å². The van der Waals surface area contributed by atoms with Gasteiger partial charge >= 0.3 is 12.5 Å². The molecule has 0 spiro atoms. The van der Waals surface area contributed by atoms with E-state index in [2.05, 4.69) is 22.6 Å². The summed E-state index contributed by atoms with van der Waals surface area (Å²) in [5.41, 5.74) is -0.0760. The number of ether oxygens (including phenoxy) is 5. The van der Waals surface area contributed by atoms with Crippen LogP contribution >= 0.6 is 0 Å². The van der Waals surface area contributed by atoms with E-state index in [0.29, 0.717) is 44.7 Å². The van der Waals surface area contributed by atoms with Gasteiger partial charge in [0.1, 0.15) is 17.0 Å². The first-order valence-electron chi connectivity index (χ1n) is 16.1. The van der Waals surface area contributed by atoms with Crippen LogP contribution in [0.25, 0.3) is 0 Å². The summed E-state index contributed by atoms with van der Waals surface area (Å²) < 4.78 is 66.9. The molecule has 0 saturated carbocycles. The maximum Gasteiger partial charge on any atom is 0.523 e. The Morgan fingerprint density at radius 2 is 1.79 bits per heavy atom. The van der Waals surface area contributed by atoms with Crippen molar-refractivity contribution in [1.29, 1.82) is 0 Å². The van der Waals surface area contributed by atoms with Gasteiger partial charge in [-0.1, -0.05) is 19.1 Å². The number of allylic oxidation sites excluding steroid dienone is 2. The Kier molecular flexibility index (Phi) is 11.0. The van der Waals surface area contributed by atoms with E-state index in [1.165, 1.54) is 13.0 Å². The molecule has 47 heavy (non-hydrogen) atoms. The fourth-order valence-corrected chi connectivity index (χ4v) is 6.84. The number of piperidine rings is 1. The van der Waals surface area contributed by atoms with Gasteiger partial charge in [0.15, 0.2) is 5.76 Å². The average molecular weight is 666 g/mol. The number of rotatable bonds is 9. The number of alkyl halides is 3. The predicted molar refractivity (Wildman–Crippen MR) is 171 cm³/mol. The third-order valence-electron chi connectivity index (χ3n) is 9.34. The minimum absolute atomic E-state index is 0.0201. The quantitative estimate of drug-likeness (QED) is 0.269. The maximum atomic E-state index is 13.1. The lowest BCUT2D eigenvalue weighted by Gasteiger charge is -2.42. The van der Waals surface area contributed by atoms with E-state index < -0.39 is 23.2 Å². The SMILES string of the molecule is COC1=C(OC)C(C)(OC)CC(c2cc(CN(C3=CCC(C)(OC(F)(F)F)C=C3)C3CCN(C(=O)OC(C)(C)C)CC3)ccn2)C1C. The van der Waals surface area contributed by atoms with Gasteiger partial charge < -0.3 is 28.7 Å². The molecule has 4 unspecified atom stereocenters. The topological polar surface area (TPSA) is 82.6 Å². The minimum atomic E-state index is -4.75. The van der Waals surface area contributed by atoms with Gasteiger partial charge in [-0.15, -0.1) is 13.2 Å². The van der Waals surface area contributed by atoms with Gasteiger partial charge in [-0.2, -0.15) is 0 Å². The second-order valence-corrected chi connectivity index (χ2v) is 14.1. The fraction of sp³-hybridized carbons (Fsp3) is 0.657. The van der Waals surface area contributed by atoms with Crippen LogP contribution in [0.15, 0.2) is 53.8 Å². The lowest BCUT2D eigenvalue weighted by Crippen LogP contribution is -2.47. The average Bonchev–Trinajstić information content (AvgIpc) is 2.99. The number of amides is 1. The minimum Gasteiger partial charge on any atom is -0.497 e. The predicted octanol–water partition coefficient (Wildman–Crippen LogP) is 7.45. The molecule has 1 fully saturated rings. The zero-order valence-corrected chi connectivity index (χ0v) is 29.1. The number of carbonyl (C=O) groups excluding carboxylic acids is 1. The first-order chi connectivity index (χ1) is 21.9. The van der Waals surface area contributed by atoms with Crippen molar-refractivity contribution in [1.82, 2.24) is 14.8 Å². The van der Waals surface area contributed by atoms with Crippen molar-refractivity contribution < 1.29 is 41.7 Å². The fourth-order valence-electron chi connectivity index (χ4n) is 6.84. The number of likely N-dealkylation sites (tertiary alicyclic amines) is 1. The number of methoxy groups -OCH3 is 3. The summed E-state index contributed by atoms with van der Waals surface area (Å²) in [6.45, 7) is 12.5. The van der Waals surface area contributed by atoms with Crippen LogP contribution in [0, 0.1) is 5.92 Å². The Bertz CT molecular complexity index is 1360. The highest BCUT2D eigenvalue weighted by molar-refractivity contribution is 5.68. The number of hydrogen-bond donors (Lipinski definition) is 0. The second kappa shape index (κ2) is 14.1. The van der Waals surface area contributed by atoms with Crippen LogP contribution in [-0.4, -0.2) is 84.5 Å². The number of carbonyl (C=O) groups is 1. The first kappa shape index (κ1) is 36.6. The standard InChI is InChI=1S/C35H50F3N3O6/c1-23-27(21-34(6,45-9)30(44-8)29(23)43-7)28-20-24(12-17-39-28)22-41(25-10-15-33(5,16-11-25)47-35(36,37)38)26-13-18-40(19-14-26)31(42)46-32(2,3)4/h10-12,15,17,20,23,26-27H,13-14,16,18-19,21-22H2,1-9H3. The van der Waals surface area contributed by atoms with Gasteiger partial charge in [-0.25, -0.2) is 4.79 Å². The molecule has 4 atom stereocenters. The molecule has 0 bridgehead atoms. The molecule has 0 radical (unpaired) electrons. The van der Waals surface area contributed by atoms with Gasteiger partial charge in [0.2, 0.25) is 0 Å². The molecule has 2 heterocycles. The smallest absolute Gasteiger partial charge is 0.497 e. The third-order valence-corrected chi connectivity index (χ3v) is 9.34. The van der Waals surface area contributed by atoms with E-state index in [4.69, 9.17) is 23.9 Å². The molecule has 2 aliphatic carbocycles. The van der Waals surface area contributed by atoms with Crippen molar-refractivity contribution >= 4 is 6.09 Å². The van der Waals surface area contributed by atoms with Gasteiger partial charge in [0.05, 0.1) is 19.8 Å². The van der Waals surface area contributed by atoms with Gasteiger partial charge in [0.25, 0.3) is 0 Å². The molecule has 12 heteroatoms. The Balaban J connectivity index is 1.61. The van der Waals surface area contributed by atoms with Crippen LogP contribution in [0.5, 0.6) is 0 Å². The van der Waals surface area contributed by atoms with Gasteiger partial charge in [-0.05, 0) is 77.7 Å². The van der Waals surface area contributed by atoms with Crippen molar-refractivity contribution in [3.63, 3.8) is 0 Å². The molecule has 1 amide bonds. The number of nitrogens with zero attached hydrogens (tertiary/aromatic N) is 3.